The van der Waals surface area contributed by atoms with Crippen LogP contribution in [0.15, 0.2) is 162 Å². The van der Waals surface area contributed by atoms with Crippen LogP contribution < -0.4 is 0 Å². The van der Waals surface area contributed by atoms with Crippen LogP contribution in [0.2, 0.25) is 0 Å². The molecule has 522 valence electrons. The Kier molecular flexibility index (Phi) is 12.2. The molecule has 0 bridgehead atoms. The van der Waals surface area contributed by atoms with Gasteiger partial charge in [-0.1, -0.05) is 111 Å². The van der Waals surface area contributed by atoms with Crippen molar-refractivity contribution in [1.82, 2.24) is 0 Å². The van der Waals surface area contributed by atoms with Crippen molar-refractivity contribution in [3.63, 3.8) is 0 Å². The van der Waals surface area contributed by atoms with Gasteiger partial charge in [-0.3, -0.25) is 38.4 Å². The van der Waals surface area contributed by atoms with Gasteiger partial charge in [-0.25, -0.2) is 0 Å². The summed E-state index contributed by atoms with van der Waals surface area (Å²) in [5.41, 5.74) is 23.8. The van der Waals surface area contributed by atoms with Gasteiger partial charge >= 0.3 is 0 Å². The van der Waals surface area contributed by atoms with Crippen molar-refractivity contribution in [1.29, 1.82) is 0 Å². The summed E-state index contributed by atoms with van der Waals surface area (Å²) >= 11 is 0. The molecule has 0 aromatic heterocycles. The summed E-state index contributed by atoms with van der Waals surface area (Å²) in [6.07, 6.45) is 55.6. The maximum atomic E-state index is 13.1. The van der Waals surface area contributed by atoms with Gasteiger partial charge in [0.1, 0.15) is 23.1 Å². The minimum Gasteiger partial charge on any atom is -0.299 e. The first-order valence-corrected chi connectivity index (χ1v) is 40.4. The molecular weight excluding hydrogens is 1250 g/mol. The molecule has 18 atom stereocenters. The van der Waals surface area contributed by atoms with E-state index in [0.29, 0.717) is 83.0 Å². The van der Waals surface area contributed by atoms with E-state index in [1.165, 1.54) is 99.0 Å². The Labute approximate surface area is 597 Å². The highest BCUT2D eigenvalue weighted by Gasteiger charge is 2.73. The highest BCUT2D eigenvalue weighted by atomic mass is 16.2. The number of carbonyl (C=O) groups is 8. The van der Waals surface area contributed by atoms with Crippen LogP contribution in [0.3, 0.4) is 0 Å². The molecule has 0 aliphatic heterocycles. The molecule has 0 amide bonds. The summed E-state index contributed by atoms with van der Waals surface area (Å²) < 4.78 is 0. The molecule has 0 heterocycles. The van der Waals surface area contributed by atoms with Crippen LogP contribution >= 0.6 is 0 Å². The van der Waals surface area contributed by atoms with Gasteiger partial charge in [0.2, 0.25) is 0 Å². The standard InChI is InChI=1S/C24H26O2.2C23H26O2.C23H24O2/c1-21-7-4-18-16-14-23(11-12-23)19-13-15(25)3-9-22(19,2)17(16)5-10-24(18,21)20(26)6-8-21;3*1-21-7-4-17-20-15-12-14(15)18-11-13(24)3-9-22(18,2)16(20)5-10-23(17,21)19(25)6-8-21/h3-4,9,13H,5-8,10-12,14H2,1-2H3;2*4,11,14-15H,3,5-10,12H2,1-2H3;3-4,9,11,14-15H,5-8,10,12H2,1-2H3/t21-,22?,24+;14?,15?,21-,22?,23+;14-,15?,21-,22?,23+;14?,15?,21-,22?,23+/m0000/s1. The second-order valence-electron chi connectivity index (χ2n) is 39.6. The SMILES string of the molecule is CC12C=CC(=O)C=C1C1(CC1)CC1=C2CC[C@@]23C(=O)CC[C@]2(C)CC=C13.CC12C=CC(=O)C=C1C1CC1C1=C2CC[C@@]23C(=O)CC[C@]2(C)CC=C13.CC12CCC(=O)C=C1C1CC1C1=C2CC[C@@]23C(=O)CC[C@]2(C)CC=C13.CC12CCC(=O)C=C1[C@H]1CC1C1=C2CC[C@@]23C(=O)CC[C@]2(C)CC=C13. The Hall–Kier alpha value is -6.28. The third-order valence-corrected chi connectivity index (χ3v) is 35.8. The third kappa shape index (κ3) is 7.34. The number of carbonyl (C=O) groups excluding carboxylic acids is 8. The van der Waals surface area contributed by atoms with Crippen LogP contribution in [0.5, 0.6) is 0 Å². The molecule has 8 nitrogen and oxygen atoms in total. The van der Waals surface area contributed by atoms with E-state index in [1.54, 1.807) is 34.4 Å². The molecule has 101 heavy (non-hydrogen) atoms. The van der Waals surface area contributed by atoms with Gasteiger partial charge in [0.05, 0.1) is 21.7 Å². The average molecular weight is 1350 g/mol. The van der Waals surface area contributed by atoms with E-state index in [0.717, 1.165) is 148 Å². The van der Waals surface area contributed by atoms with E-state index >= 15 is 0 Å². The second-order valence-corrected chi connectivity index (χ2v) is 39.6. The van der Waals surface area contributed by atoms with Crippen LogP contribution in [-0.2, 0) is 38.4 Å². The molecule has 24 aliphatic carbocycles. The number of ketones is 8. The number of rotatable bonds is 0. The summed E-state index contributed by atoms with van der Waals surface area (Å²) in [5, 5.41) is 0. The molecule has 0 saturated heterocycles. The molecule has 0 radical (unpaired) electrons. The first-order valence-electron chi connectivity index (χ1n) is 40.4. The molecule has 24 aliphatic rings. The Balaban J connectivity index is 0.0000000879. The largest absolute Gasteiger partial charge is 0.299 e. The molecule has 9 unspecified atom stereocenters. The fourth-order valence-electron chi connectivity index (χ4n) is 29.8. The zero-order valence-electron chi connectivity index (χ0n) is 61.4. The van der Waals surface area contributed by atoms with E-state index < -0.39 is 0 Å². The summed E-state index contributed by atoms with van der Waals surface area (Å²) in [5.74, 6) is 6.43. The van der Waals surface area contributed by atoms with E-state index in [-0.39, 0.29) is 82.0 Å². The van der Waals surface area contributed by atoms with Gasteiger partial charge < -0.3 is 0 Å². The van der Waals surface area contributed by atoms with E-state index in [9.17, 15) is 38.4 Å². The molecule has 8 saturated carbocycles. The molecule has 0 aromatic rings. The highest BCUT2D eigenvalue weighted by Crippen LogP contribution is 2.80. The van der Waals surface area contributed by atoms with Gasteiger partial charge in [-0.15, -0.1) is 0 Å². The third-order valence-electron chi connectivity index (χ3n) is 35.8. The molecule has 8 heteroatoms. The van der Waals surface area contributed by atoms with Crippen molar-refractivity contribution in [3.05, 3.63) is 162 Å². The maximum absolute atomic E-state index is 13.1. The van der Waals surface area contributed by atoms with Gasteiger partial charge in [0.15, 0.2) is 23.1 Å². The van der Waals surface area contributed by atoms with E-state index in [2.05, 4.69) is 91.8 Å². The first-order chi connectivity index (χ1) is 48.1. The second kappa shape index (κ2) is 19.4. The van der Waals surface area contributed by atoms with Gasteiger partial charge in [-0.05, 0) is 323 Å². The van der Waals surface area contributed by atoms with E-state index in [1.807, 2.05) is 24.3 Å². The van der Waals surface area contributed by atoms with Crippen molar-refractivity contribution in [2.75, 3.05) is 0 Å². The zero-order chi connectivity index (χ0) is 69.5. The molecule has 0 aromatic carbocycles. The highest BCUT2D eigenvalue weighted by molar-refractivity contribution is 6.04. The summed E-state index contributed by atoms with van der Waals surface area (Å²) in [4.78, 5) is 101. The van der Waals surface area contributed by atoms with Crippen molar-refractivity contribution < 1.29 is 38.4 Å². The van der Waals surface area contributed by atoms with Crippen LogP contribution in [0.4, 0.5) is 0 Å². The van der Waals surface area contributed by atoms with Gasteiger partial charge in [0.25, 0.3) is 0 Å². The van der Waals surface area contributed by atoms with Crippen LogP contribution in [0.25, 0.3) is 0 Å². The minimum atomic E-state index is -0.201. The molecule has 5 spiro atoms. The average Bonchev–Trinajstić information content (AvgIpc) is 1.53. The fourth-order valence-corrected chi connectivity index (χ4v) is 29.8. The number of hydrogen-bond donors (Lipinski definition) is 0. The fraction of sp³-hybridized carbons (Fsp3) is 0.613. The molecular formula is C93H102O8. The van der Waals surface area contributed by atoms with Crippen molar-refractivity contribution in [2.24, 2.45) is 106 Å². The lowest BCUT2D eigenvalue weighted by atomic mass is 9.51. The summed E-state index contributed by atoms with van der Waals surface area (Å²) in [6.45, 7) is 18.8. The van der Waals surface area contributed by atoms with Crippen LogP contribution in [0, 0.1) is 106 Å². The monoisotopic (exact) mass is 1350 g/mol. The predicted molar refractivity (Wildman–Crippen MR) is 388 cm³/mol. The number of fused-ring (bicyclic) bond motifs is 22. The smallest absolute Gasteiger partial charge is 0.178 e. The predicted octanol–water partition coefficient (Wildman–Crippen LogP) is 18.9. The number of allylic oxidation sites excluding steroid dienone is 28. The quantitative estimate of drug-likeness (QED) is 0.234. The Bertz CT molecular complexity index is 4540. The Morgan fingerprint density at radius 1 is 0.327 bits per heavy atom. The first kappa shape index (κ1) is 63.2. The summed E-state index contributed by atoms with van der Waals surface area (Å²) in [7, 11) is 0. The lowest BCUT2D eigenvalue weighted by molar-refractivity contribution is -0.127. The summed E-state index contributed by atoms with van der Waals surface area (Å²) in [6, 6.07) is 0. The van der Waals surface area contributed by atoms with Crippen molar-refractivity contribution in [2.45, 2.75) is 248 Å². The lowest BCUT2D eigenvalue weighted by Crippen LogP contribution is -2.45. The number of hydrogen-bond acceptors (Lipinski definition) is 8. The van der Waals surface area contributed by atoms with Crippen LogP contribution in [-0.4, -0.2) is 46.3 Å². The number of Topliss-reactive ketones (excluding diaryl/α,β-unsaturated/α-hetero) is 4. The molecule has 8 fully saturated rings. The van der Waals surface area contributed by atoms with Crippen molar-refractivity contribution in [3.8, 4) is 0 Å². The minimum absolute atomic E-state index is 0.0873. The Morgan fingerprint density at radius 2 is 0.693 bits per heavy atom. The van der Waals surface area contributed by atoms with Crippen molar-refractivity contribution >= 4 is 46.3 Å². The molecule has 0 N–H and O–H groups in total. The van der Waals surface area contributed by atoms with Gasteiger partial charge in [-0.2, -0.15) is 0 Å². The van der Waals surface area contributed by atoms with Crippen LogP contribution in [0.1, 0.15) is 248 Å². The Morgan fingerprint density at radius 3 is 1.13 bits per heavy atom. The normalized spacial score (nSPS) is 48.2. The topological polar surface area (TPSA) is 137 Å². The molecule has 24 rings (SSSR count). The lowest BCUT2D eigenvalue weighted by Gasteiger charge is -2.52. The van der Waals surface area contributed by atoms with E-state index in [4.69, 9.17) is 0 Å². The maximum Gasteiger partial charge on any atom is 0.178 e. The zero-order valence-corrected chi connectivity index (χ0v) is 61.4. The van der Waals surface area contributed by atoms with Gasteiger partial charge in [0, 0.05) is 60.2 Å².